The molecule has 0 aliphatic carbocycles. The number of rotatable bonds is 4. The summed E-state index contributed by atoms with van der Waals surface area (Å²) in [5.74, 6) is 6.95. The maximum absolute atomic E-state index is 5.99. The molecule has 1 heterocycles. The highest BCUT2D eigenvalue weighted by Gasteiger charge is 2.19. The molecule has 6 heteroatoms. The fraction of sp³-hybridized carbons (Fsp3) is 0.214. The highest BCUT2D eigenvalue weighted by Crippen LogP contribution is 2.32. The van der Waals surface area contributed by atoms with Crippen LogP contribution in [-0.2, 0) is 0 Å². The lowest BCUT2D eigenvalue weighted by molar-refractivity contribution is 0.411. The van der Waals surface area contributed by atoms with Gasteiger partial charge in [0.2, 0.25) is 0 Å². The smallest absolute Gasteiger partial charge is 0.133 e. The normalized spacial score (nSPS) is 12.2. The van der Waals surface area contributed by atoms with Crippen LogP contribution in [-0.4, -0.2) is 12.1 Å². The lowest BCUT2D eigenvalue weighted by Crippen LogP contribution is -2.30. The second-order valence-corrected chi connectivity index (χ2v) is 5.27. The molecule has 2 rings (SSSR count). The molecule has 0 spiro atoms. The maximum Gasteiger partial charge on any atom is 0.133 e. The van der Waals surface area contributed by atoms with Gasteiger partial charge in [-0.05, 0) is 52.2 Å². The van der Waals surface area contributed by atoms with Crippen molar-refractivity contribution in [2.24, 2.45) is 5.84 Å². The Kier molecular flexibility index (Phi) is 4.59. The van der Waals surface area contributed by atoms with Crippen LogP contribution in [0.3, 0.4) is 0 Å². The van der Waals surface area contributed by atoms with E-state index in [0.29, 0.717) is 5.82 Å². The van der Waals surface area contributed by atoms with E-state index in [4.69, 9.17) is 16.3 Å². The van der Waals surface area contributed by atoms with Crippen LogP contribution in [0.2, 0.25) is 0 Å². The van der Waals surface area contributed by atoms with E-state index in [2.05, 4.69) is 26.3 Å². The molecule has 0 amide bonds. The number of benzene rings is 1. The van der Waals surface area contributed by atoms with Crippen LogP contribution in [0.4, 0.5) is 5.82 Å². The van der Waals surface area contributed by atoms with E-state index in [1.165, 1.54) is 0 Å². The summed E-state index contributed by atoms with van der Waals surface area (Å²) in [6, 6.07) is 7.46. The van der Waals surface area contributed by atoms with Gasteiger partial charge in [0.15, 0.2) is 0 Å². The summed E-state index contributed by atoms with van der Waals surface area (Å²) in [6.45, 7) is 1.98. The molecule has 0 aliphatic rings. The van der Waals surface area contributed by atoms with Gasteiger partial charge >= 0.3 is 0 Å². The zero-order valence-electron chi connectivity index (χ0n) is 11.4. The summed E-state index contributed by atoms with van der Waals surface area (Å²) in [6.07, 6.45) is 1.69. The lowest BCUT2D eigenvalue weighted by Gasteiger charge is -2.21. The number of anilines is 1. The third-order valence-electron chi connectivity index (χ3n) is 3.20. The number of ether oxygens (including phenoxy) is 1. The molecule has 0 radical (unpaired) electrons. The van der Waals surface area contributed by atoms with Gasteiger partial charge in [0.05, 0.1) is 17.6 Å². The first-order valence-electron chi connectivity index (χ1n) is 6.09. The van der Waals surface area contributed by atoms with Crippen molar-refractivity contribution < 1.29 is 4.74 Å². The Hall–Kier alpha value is -1.63. The highest BCUT2D eigenvalue weighted by molar-refractivity contribution is 9.10. The van der Waals surface area contributed by atoms with Crippen molar-refractivity contribution >= 4 is 21.7 Å². The third kappa shape index (κ3) is 2.77. The van der Waals surface area contributed by atoms with Gasteiger partial charge in [0.25, 0.3) is 0 Å². The van der Waals surface area contributed by atoms with Crippen molar-refractivity contribution in [1.82, 2.24) is 10.4 Å². The number of aromatic nitrogens is 1. The maximum atomic E-state index is 5.99. The molecule has 1 atom stereocenters. The van der Waals surface area contributed by atoms with E-state index >= 15 is 0 Å². The van der Waals surface area contributed by atoms with Gasteiger partial charge in [-0.25, -0.2) is 10.4 Å². The minimum atomic E-state index is -0.231. The molecule has 5 N–H and O–H groups in total. The van der Waals surface area contributed by atoms with Gasteiger partial charge in [0, 0.05) is 11.8 Å². The molecule has 0 saturated heterocycles. The lowest BCUT2D eigenvalue weighted by atomic mass is 9.96. The molecule has 0 aliphatic heterocycles. The minimum absolute atomic E-state index is 0.231. The Balaban J connectivity index is 2.50. The molecule has 0 saturated carbocycles. The molecule has 106 valence electrons. The molecule has 1 aromatic heterocycles. The Morgan fingerprint density at radius 1 is 1.35 bits per heavy atom. The monoisotopic (exact) mass is 336 g/mol. The molecule has 20 heavy (non-hydrogen) atoms. The van der Waals surface area contributed by atoms with Crippen LogP contribution in [0, 0.1) is 6.92 Å². The number of hydrazine groups is 1. The topological polar surface area (TPSA) is 86.2 Å². The predicted molar refractivity (Wildman–Crippen MR) is 83.2 cm³/mol. The molecule has 1 unspecified atom stereocenters. The van der Waals surface area contributed by atoms with E-state index in [0.717, 1.165) is 26.9 Å². The van der Waals surface area contributed by atoms with Crippen molar-refractivity contribution in [3.8, 4) is 5.75 Å². The first kappa shape index (κ1) is 14.8. The SMILES string of the molecule is COc1ccc(C(NN)c2c(C)ccnc2N)cc1Br. The number of pyridine rings is 1. The van der Waals surface area contributed by atoms with E-state index in [1.54, 1.807) is 13.3 Å². The standard InChI is InChI=1S/C14H17BrN4O/c1-8-5-6-18-14(16)12(8)13(19-17)9-3-4-11(20-2)10(15)7-9/h3-7,13,19H,17H2,1-2H3,(H2,16,18). The summed E-state index contributed by atoms with van der Waals surface area (Å²) in [7, 11) is 1.63. The first-order chi connectivity index (χ1) is 9.58. The Morgan fingerprint density at radius 3 is 2.65 bits per heavy atom. The van der Waals surface area contributed by atoms with E-state index in [-0.39, 0.29) is 6.04 Å². The van der Waals surface area contributed by atoms with E-state index in [9.17, 15) is 0 Å². The van der Waals surface area contributed by atoms with Gasteiger partial charge in [-0.1, -0.05) is 6.07 Å². The van der Waals surface area contributed by atoms with Gasteiger partial charge in [0.1, 0.15) is 11.6 Å². The molecular weight excluding hydrogens is 320 g/mol. The van der Waals surface area contributed by atoms with Crippen LogP contribution < -0.4 is 21.7 Å². The summed E-state index contributed by atoms with van der Waals surface area (Å²) < 4.78 is 6.09. The fourth-order valence-electron chi connectivity index (χ4n) is 2.17. The second-order valence-electron chi connectivity index (χ2n) is 4.42. The molecular formula is C14H17BrN4O. The van der Waals surface area contributed by atoms with Crippen molar-refractivity contribution in [2.45, 2.75) is 13.0 Å². The van der Waals surface area contributed by atoms with Crippen LogP contribution in [0.5, 0.6) is 5.75 Å². The van der Waals surface area contributed by atoms with Crippen LogP contribution >= 0.6 is 15.9 Å². The minimum Gasteiger partial charge on any atom is -0.496 e. The van der Waals surface area contributed by atoms with Gasteiger partial charge in [-0.2, -0.15) is 0 Å². The molecule has 0 bridgehead atoms. The number of methoxy groups -OCH3 is 1. The number of nitrogen functional groups attached to an aromatic ring is 1. The van der Waals surface area contributed by atoms with Gasteiger partial charge in [-0.3, -0.25) is 5.84 Å². The molecule has 5 nitrogen and oxygen atoms in total. The quantitative estimate of drug-likeness (QED) is 0.589. The average Bonchev–Trinajstić information content (AvgIpc) is 2.43. The van der Waals surface area contributed by atoms with Crippen molar-refractivity contribution in [3.63, 3.8) is 0 Å². The summed E-state index contributed by atoms with van der Waals surface area (Å²) in [5, 5.41) is 0. The number of nitrogens with two attached hydrogens (primary N) is 2. The summed E-state index contributed by atoms with van der Waals surface area (Å²) >= 11 is 3.47. The van der Waals surface area contributed by atoms with Gasteiger partial charge < -0.3 is 10.5 Å². The number of nitrogens with zero attached hydrogens (tertiary/aromatic N) is 1. The number of halogens is 1. The largest absolute Gasteiger partial charge is 0.496 e. The van der Waals surface area contributed by atoms with E-state index in [1.807, 2.05) is 31.2 Å². The summed E-state index contributed by atoms with van der Waals surface area (Å²) in [5.41, 5.74) is 11.7. The summed E-state index contributed by atoms with van der Waals surface area (Å²) in [4.78, 5) is 4.14. The number of hydrogen-bond donors (Lipinski definition) is 3. The average molecular weight is 337 g/mol. The highest BCUT2D eigenvalue weighted by atomic mass is 79.9. The Bertz CT molecular complexity index is 598. The van der Waals surface area contributed by atoms with Crippen LogP contribution in [0.25, 0.3) is 0 Å². The zero-order valence-corrected chi connectivity index (χ0v) is 12.9. The van der Waals surface area contributed by atoms with Crippen LogP contribution in [0.1, 0.15) is 22.7 Å². The van der Waals surface area contributed by atoms with E-state index < -0.39 is 0 Å². The predicted octanol–water partition coefficient (Wildman–Crippen LogP) is 2.30. The van der Waals surface area contributed by atoms with Gasteiger partial charge in [-0.15, -0.1) is 0 Å². The zero-order chi connectivity index (χ0) is 14.7. The number of aryl methyl sites for hydroxylation is 1. The van der Waals surface area contributed by atoms with Crippen molar-refractivity contribution in [3.05, 3.63) is 51.6 Å². The first-order valence-corrected chi connectivity index (χ1v) is 6.88. The molecule has 0 fully saturated rings. The molecule has 1 aromatic carbocycles. The fourth-order valence-corrected chi connectivity index (χ4v) is 2.73. The Morgan fingerprint density at radius 2 is 2.10 bits per heavy atom. The van der Waals surface area contributed by atoms with Crippen molar-refractivity contribution in [1.29, 1.82) is 0 Å². The number of nitrogens with one attached hydrogen (secondary N) is 1. The van der Waals surface area contributed by atoms with Crippen molar-refractivity contribution in [2.75, 3.05) is 12.8 Å². The Labute approximate surface area is 126 Å². The number of hydrogen-bond acceptors (Lipinski definition) is 5. The third-order valence-corrected chi connectivity index (χ3v) is 3.82. The van der Waals surface area contributed by atoms with Crippen LogP contribution in [0.15, 0.2) is 34.9 Å². The second kappa shape index (κ2) is 6.21. The molecule has 2 aromatic rings.